The molecular formula is C18H21N5O. The molecule has 0 unspecified atom stereocenters. The standard InChI is InChI=1S/C18H21N5O/c24-18-15-6-9-22(10-7-16(15)20-21-18)13-17-19-8-11-23(17)12-14-4-2-1-3-5-14/h1-5,8,11H,6-7,9-10,12-13H2,(H2,20,21,24). The number of nitrogens with zero attached hydrogens (tertiary/aromatic N) is 3. The maximum atomic E-state index is 11.8. The Bertz CT molecular complexity index is 861. The Balaban J connectivity index is 1.45. The first-order valence-corrected chi connectivity index (χ1v) is 8.34. The van der Waals surface area contributed by atoms with Gasteiger partial charge in [-0.05, 0) is 12.0 Å². The van der Waals surface area contributed by atoms with Crippen LogP contribution in [0, 0.1) is 0 Å². The van der Waals surface area contributed by atoms with Gasteiger partial charge in [-0.25, -0.2) is 4.98 Å². The SMILES string of the molecule is O=c1[nH][nH]c2c1CCN(Cc1nccn1Cc1ccccc1)CC2. The van der Waals surface area contributed by atoms with Crippen LogP contribution in [-0.4, -0.2) is 37.7 Å². The van der Waals surface area contributed by atoms with Gasteiger partial charge in [-0.3, -0.25) is 14.8 Å². The van der Waals surface area contributed by atoms with Crippen molar-refractivity contribution in [2.45, 2.75) is 25.9 Å². The normalized spacial score (nSPS) is 15.2. The van der Waals surface area contributed by atoms with E-state index >= 15 is 0 Å². The number of rotatable bonds is 4. The highest BCUT2D eigenvalue weighted by molar-refractivity contribution is 5.19. The van der Waals surface area contributed by atoms with E-state index in [1.807, 2.05) is 18.5 Å². The Morgan fingerprint density at radius 3 is 2.75 bits per heavy atom. The van der Waals surface area contributed by atoms with Crippen LogP contribution in [0.1, 0.15) is 22.6 Å². The average molecular weight is 323 g/mol. The number of H-pyrrole nitrogens is 2. The summed E-state index contributed by atoms with van der Waals surface area (Å²) in [5, 5.41) is 5.69. The molecule has 124 valence electrons. The molecule has 1 aromatic carbocycles. The highest BCUT2D eigenvalue weighted by atomic mass is 16.1. The van der Waals surface area contributed by atoms with Crippen molar-refractivity contribution in [2.24, 2.45) is 0 Å². The maximum absolute atomic E-state index is 11.8. The molecule has 0 saturated heterocycles. The molecule has 0 radical (unpaired) electrons. The van der Waals surface area contributed by atoms with Crippen molar-refractivity contribution in [3.05, 3.63) is 75.7 Å². The van der Waals surface area contributed by atoms with E-state index in [1.54, 1.807) is 0 Å². The van der Waals surface area contributed by atoms with Crippen molar-refractivity contribution in [3.8, 4) is 0 Å². The maximum Gasteiger partial charge on any atom is 0.267 e. The van der Waals surface area contributed by atoms with Crippen LogP contribution in [0.15, 0.2) is 47.5 Å². The van der Waals surface area contributed by atoms with Gasteiger partial charge in [-0.15, -0.1) is 0 Å². The lowest BCUT2D eigenvalue weighted by Crippen LogP contribution is -2.28. The predicted molar refractivity (Wildman–Crippen MR) is 91.9 cm³/mol. The van der Waals surface area contributed by atoms with Crippen LogP contribution in [0.25, 0.3) is 0 Å². The third-order valence-corrected chi connectivity index (χ3v) is 4.68. The van der Waals surface area contributed by atoms with Crippen molar-refractivity contribution < 1.29 is 0 Å². The smallest absolute Gasteiger partial charge is 0.267 e. The zero-order valence-electron chi connectivity index (χ0n) is 13.5. The zero-order valence-corrected chi connectivity index (χ0v) is 13.5. The van der Waals surface area contributed by atoms with Crippen LogP contribution >= 0.6 is 0 Å². The highest BCUT2D eigenvalue weighted by Crippen LogP contribution is 2.13. The lowest BCUT2D eigenvalue weighted by atomic mass is 10.2. The monoisotopic (exact) mass is 323 g/mol. The molecule has 0 amide bonds. The van der Waals surface area contributed by atoms with E-state index in [1.165, 1.54) is 5.56 Å². The molecule has 0 aliphatic carbocycles. The first-order chi connectivity index (χ1) is 11.8. The molecule has 6 nitrogen and oxygen atoms in total. The van der Waals surface area contributed by atoms with E-state index < -0.39 is 0 Å². The summed E-state index contributed by atoms with van der Waals surface area (Å²) in [6, 6.07) is 10.4. The summed E-state index contributed by atoms with van der Waals surface area (Å²) in [6.45, 7) is 3.45. The van der Waals surface area contributed by atoms with Gasteiger partial charge >= 0.3 is 0 Å². The molecule has 24 heavy (non-hydrogen) atoms. The summed E-state index contributed by atoms with van der Waals surface area (Å²) >= 11 is 0. The summed E-state index contributed by atoms with van der Waals surface area (Å²) in [6.07, 6.45) is 5.55. The van der Waals surface area contributed by atoms with Crippen LogP contribution in [-0.2, 0) is 25.9 Å². The van der Waals surface area contributed by atoms with Crippen LogP contribution in [0.5, 0.6) is 0 Å². The number of benzene rings is 1. The van der Waals surface area contributed by atoms with Crippen LogP contribution < -0.4 is 5.56 Å². The Morgan fingerprint density at radius 2 is 1.88 bits per heavy atom. The number of hydrogen-bond acceptors (Lipinski definition) is 3. The molecule has 0 atom stereocenters. The summed E-state index contributed by atoms with van der Waals surface area (Å²) < 4.78 is 2.20. The summed E-state index contributed by atoms with van der Waals surface area (Å²) in [7, 11) is 0. The second-order valence-corrected chi connectivity index (χ2v) is 6.27. The van der Waals surface area contributed by atoms with E-state index in [4.69, 9.17) is 0 Å². The molecule has 3 aromatic rings. The fourth-order valence-electron chi connectivity index (χ4n) is 3.32. The van der Waals surface area contributed by atoms with Crippen LogP contribution in [0.2, 0.25) is 0 Å². The molecule has 6 heteroatoms. The van der Waals surface area contributed by atoms with Gasteiger partial charge in [0, 0.05) is 49.7 Å². The van der Waals surface area contributed by atoms with Gasteiger partial charge in [0.25, 0.3) is 5.56 Å². The number of hydrogen-bond donors (Lipinski definition) is 2. The Labute approximate surface area is 140 Å². The zero-order chi connectivity index (χ0) is 16.4. The van der Waals surface area contributed by atoms with Gasteiger partial charge in [0.05, 0.1) is 6.54 Å². The highest BCUT2D eigenvalue weighted by Gasteiger charge is 2.19. The minimum absolute atomic E-state index is 0.0254. The average Bonchev–Trinajstić information content (AvgIpc) is 3.11. The number of aromatic nitrogens is 4. The quantitative estimate of drug-likeness (QED) is 0.765. The summed E-state index contributed by atoms with van der Waals surface area (Å²) in [5.74, 6) is 1.07. The fourth-order valence-corrected chi connectivity index (χ4v) is 3.32. The Hall–Kier alpha value is -2.60. The van der Waals surface area contributed by atoms with E-state index in [0.29, 0.717) is 0 Å². The second kappa shape index (κ2) is 6.49. The number of imidazole rings is 1. The molecule has 0 fully saturated rings. The van der Waals surface area contributed by atoms with E-state index in [0.717, 1.165) is 56.1 Å². The largest absolute Gasteiger partial charge is 0.329 e. The van der Waals surface area contributed by atoms with E-state index in [9.17, 15) is 4.79 Å². The number of aromatic amines is 2. The van der Waals surface area contributed by atoms with Crippen molar-refractivity contribution in [1.82, 2.24) is 24.6 Å². The molecule has 2 N–H and O–H groups in total. The lowest BCUT2D eigenvalue weighted by Gasteiger charge is -2.20. The third kappa shape index (κ3) is 3.05. The number of fused-ring (bicyclic) bond motifs is 1. The van der Waals surface area contributed by atoms with Crippen LogP contribution in [0.4, 0.5) is 0 Å². The third-order valence-electron chi connectivity index (χ3n) is 4.68. The van der Waals surface area contributed by atoms with Gasteiger partial charge in [0.15, 0.2) is 0 Å². The fraction of sp³-hybridized carbons (Fsp3) is 0.333. The molecule has 0 bridgehead atoms. The lowest BCUT2D eigenvalue weighted by molar-refractivity contribution is 0.268. The molecule has 1 aliphatic rings. The molecule has 0 saturated carbocycles. The van der Waals surface area contributed by atoms with Crippen molar-refractivity contribution in [2.75, 3.05) is 13.1 Å². The first-order valence-electron chi connectivity index (χ1n) is 8.34. The van der Waals surface area contributed by atoms with Crippen molar-refractivity contribution in [1.29, 1.82) is 0 Å². The molecule has 1 aliphatic heterocycles. The van der Waals surface area contributed by atoms with Gasteiger partial charge in [-0.2, -0.15) is 0 Å². The minimum Gasteiger partial charge on any atom is -0.329 e. The number of nitrogens with one attached hydrogen (secondary N) is 2. The van der Waals surface area contributed by atoms with Gasteiger partial charge in [-0.1, -0.05) is 30.3 Å². The van der Waals surface area contributed by atoms with E-state index in [2.05, 4.69) is 48.9 Å². The van der Waals surface area contributed by atoms with E-state index in [-0.39, 0.29) is 5.56 Å². The molecule has 2 aromatic heterocycles. The topological polar surface area (TPSA) is 69.7 Å². The van der Waals surface area contributed by atoms with Gasteiger partial charge in [0.1, 0.15) is 5.82 Å². The molecular weight excluding hydrogens is 302 g/mol. The summed E-state index contributed by atoms with van der Waals surface area (Å²) in [5.41, 5.74) is 3.26. The first kappa shape index (κ1) is 15.0. The molecule has 0 spiro atoms. The summed E-state index contributed by atoms with van der Waals surface area (Å²) in [4.78, 5) is 18.7. The van der Waals surface area contributed by atoms with Crippen molar-refractivity contribution >= 4 is 0 Å². The second-order valence-electron chi connectivity index (χ2n) is 6.27. The predicted octanol–water partition coefficient (Wildman–Crippen LogP) is 1.55. The van der Waals surface area contributed by atoms with Gasteiger partial charge < -0.3 is 9.67 Å². The van der Waals surface area contributed by atoms with Crippen LogP contribution in [0.3, 0.4) is 0 Å². The minimum atomic E-state index is 0.0254. The van der Waals surface area contributed by atoms with Crippen molar-refractivity contribution in [3.63, 3.8) is 0 Å². The molecule has 3 heterocycles. The van der Waals surface area contributed by atoms with Gasteiger partial charge in [0.2, 0.25) is 0 Å². The Kier molecular flexibility index (Phi) is 4.04. The molecule has 4 rings (SSSR count). The Morgan fingerprint density at radius 1 is 1.04 bits per heavy atom.